The Kier molecular flexibility index (Phi) is 12.8. The minimum atomic E-state index is -0.218. The molecule has 7 nitrogen and oxygen atoms in total. The van der Waals surface area contributed by atoms with Crippen LogP contribution in [0.3, 0.4) is 0 Å². The normalized spacial score (nSPS) is 19.2. The molecule has 0 bridgehead atoms. The van der Waals surface area contributed by atoms with E-state index in [0.717, 1.165) is 56.9 Å². The van der Waals surface area contributed by atoms with Gasteiger partial charge in [-0.3, -0.25) is 0 Å². The zero-order chi connectivity index (χ0) is 40.2. The van der Waals surface area contributed by atoms with Crippen molar-refractivity contribution in [2.24, 2.45) is 13.0 Å². The van der Waals surface area contributed by atoms with Crippen molar-refractivity contribution in [3.05, 3.63) is 130 Å². The summed E-state index contributed by atoms with van der Waals surface area (Å²) in [5.74, 6) is 2.15. The lowest BCUT2D eigenvalue weighted by Gasteiger charge is -2.27. The van der Waals surface area contributed by atoms with Gasteiger partial charge in [-0.05, 0) is 93.0 Å². The number of ether oxygens (including phenoxy) is 4. The van der Waals surface area contributed by atoms with Gasteiger partial charge in [-0.2, -0.15) is 4.58 Å². The van der Waals surface area contributed by atoms with Crippen LogP contribution in [0.2, 0.25) is 0 Å². The van der Waals surface area contributed by atoms with E-state index in [1.165, 1.54) is 56.2 Å². The van der Waals surface area contributed by atoms with Crippen molar-refractivity contribution in [1.29, 1.82) is 0 Å². The van der Waals surface area contributed by atoms with Gasteiger partial charge < -0.3 is 23.8 Å². The Morgan fingerprint density at radius 1 is 0.821 bits per heavy atom. The molecule has 0 saturated carbocycles. The number of allylic oxidation sites excluding steroid dienone is 7. The van der Waals surface area contributed by atoms with E-state index in [1.807, 2.05) is 0 Å². The molecule has 298 valence electrons. The van der Waals surface area contributed by atoms with Crippen molar-refractivity contribution in [2.45, 2.75) is 91.1 Å². The molecule has 0 spiro atoms. The maximum absolute atomic E-state index is 7.28. The third-order valence-electron chi connectivity index (χ3n) is 11.9. The van der Waals surface area contributed by atoms with Gasteiger partial charge in [-0.25, -0.2) is 4.57 Å². The summed E-state index contributed by atoms with van der Waals surface area (Å²) in [5, 5.41) is 0. The van der Waals surface area contributed by atoms with Crippen LogP contribution in [-0.2, 0) is 32.1 Å². The van der Waals surface area contributed by atoms with Crippen LogP contribution in [-0.4, -0.2) is 57.9 Å². The highest BCUT2D eigenvalue weighted by Crippen LogP contribution is 2.49. The minimum absolute atomic E-state index is 0.0951. The number of fused-ring (bicyclic) bond motifs is 2. The van der Waals surface area contributed by atoms with Gasteiger partial charge in [-0.15, -0.1) is 0 Å². The Bertz CT molecular complexity index is 2050. The number of pyridine rings is 1. The Hall–Kier alpha value is -4.46. The molecular formula is C49H65N3O4+2. The smallest absolute Gasteiger partial charge is 0.210 e. The maximum Gasteiger partial charge on any atom is 0.210 e. The summed E-state index contributed by atoms with van der Waals surface area (Å²) in [5.41, 5.74) is 12.4. The quantitative estimate of drug-likeness (QED) is 0.108. The van der Waals surface area contributed by atoms with Crippen molar-refractivity contribution in [1.82, 2.24) is 0 Å². The molecule has 56 heavy (non-hydrogen) atoms. The van der Waals surface area contributed by atoms with E-state index in [4.69, 9.17) is 18.9 Å². The second kappa shape index (κ2) is 17.4. The zero-order valence-corrected chi connectivity index (χ0v) is 35.9. The molecule has 6 rings (SSSR count). The maximum atomic E-state index is 7.28. The molecule has 1 aliphatic carbocycles. The van der Waals surface area contributed by atoms with Gasteiger partial charge in [0.2, 0.25) is 5.69 Å². The number of aromatic nitrogens is 1. The predicted molar refractivity (Wildman–Crippen MR) is 228 cm³/mol. The standard InChI is InChI=1S/C49H65N3O4/c1-34(2)46(38-24-28-50(8)29-25-38)56-47-36(17-22-44-48(4,5)40-32-35(3)14-20-42(40)51(44)26-12-30-53-9)15-16-37(47)18-23-45-49(6,7)41-33-39(55-11)19-21-43(41)52(45)27-13-31-54-10/h14,17-25,28-29,32-34,46H,12-13,15-16,26-27,30-31H2,1-11H3/q+2. The fourth-order valence-electron chi connectivity index (χ4n) is 8.74. The average Bonchev–Trinajstić information content (AvgIpc) is 3.72. The van der Waals surface area contributed by atoms with E-state index in [1.54, 1.807) is 21.3 Å². The summed E-state index contributed by atoms with van der Waals surface area (Å²) in [6.07, 6.45) is 17.3. The largest absolute Gasteiger partial charge is 0.497 e. The third kappa shape index (κ3) is 8.31. The first-order chi connectivity index (χ1) is 26.8. The number of anilines is 1. The second-order valence-corrected chi connectivity index (χ2v) is 17.0. The molecule has 0 N–H and O–H groups in total. The monoisotopic (exact) mass is 759 g/mol. The highest BCUT2D eigenvalue weighted by atomic mass is 16.5. The summed E-state index contributed by atoms with van der Waals surface area (Å²) in [6.45, 7) is 19.3. The van der Waals surface area contributed by atoms with Crippen LogP contribution in [0.15, 0.2) is 108 Å². The van der Waals surface area contributed by atoms with E-state index >= 15 is 0 Å². The Balaban J connectivity index is 1.45. The van der Waals surface area contributed by atoms with Crippen LogP contribution in [0.25, 0.3) is 0 Å². The molecule has 3 aliphatic rings. The van der Waals surface area contributed by atoms with Crippen LogP contribution in [0.1, 0.15) is 95.6 Å². The topological polar surface area (TPSA) is 47.1 Å². The van der Waals surface area contributed by atoms with Crippen molar-refractivity contribution < 1.29 is 28.1 Å². The molecule has 2 aromatic carbocycles. The highest BCUT2D eigenvalue weighted by Gasteiger charge is 2.45. The van der Waals surface area contributed by atoms with Gasteiger partial charge in [0, 0.05) is 86.0 Å². The number of methoxy groups -OCH3 is 3. The van der Waals surface area contributed by atoms with Crippen LogP contribution in [0, 0.1) is 12.8 Å². The van der Waals surface area contributed by atoms with E-state index in [2.05, 4.69) is 155 Å². The van der Waals surface area contributed by atoms with Crippen LogP contribution >= 0.6 is 0 Å². The average molecular weight is 760 g/mol. The summed E-state index contributed by atoms with van der Waals surface area (Å²) in [7, 11) is 7.36. The highest BCUT2D eigenvalue weighted by molar-refractivity contribution is 6.03. The van der Waals surface area contributed by atoms with Crippen molar-refractivity contribution >= 4 is 17.1 Å². The number of hydrogen-bond acceptors (Lipinski definition) is 5. The number of nitrogens with zero attached hydrogens (tertiary/aromatic N) is 3. The van der Waals surface area contributed by atoms with Gasteiger partial charge in [0.1, 0.15) is 24.7 Å². The fourth-order valence-corrected chi connectivity index (χ4v) is 8.74. The van der Waals surface area contributed by atoms with Crippen molar-refractivity contribution in [3.8, 4) is 5.75 Å². The summed E-state index contributed by atoms with van der Waals surface area (Å²) < 4.78 is 28.5. The Morgan fingerprint density at radius 3 is 2.25 bits per heavy atom. The summed E-state index contributed by atoms with van der Waals surface area (Å²) >= 11 is 0. The molecule has 3 heterocycles. The van der Waals surface area contributed by atoms with E-state index < -0.39 is 0 Å². The van der Waals surface area contributed by atoms with Gasteiger partial charge in [0.05, 0.1) is 19.1 Å². The second-order valence-electron chi connectivity index (χ2n) is 17.0. The van der Waals surface area contributed by atoms with Crippen molar-refractivity contribution in [3.63, 3.8) is 0 Å². The third-order valence-corrected chi connectivity index (χ3v) is 11.9. The van der Waals surface area contributed by atoms with Crippen molar-refractivity contribution in [2.75, 3.05) is 52.5 Å². The van der Waals surface area contributed by atoms with Gasteiger partial charge in [0.15, 0.2) is 24.7 Å². The molecule has 1 aromatic heterocycles. The lowest BCUT2D eigenvalue weighted by Crippen LogP contribution is -2.28. The number of benzene rings is 2. The molecular weight excluding hydrogens is 695 g/mol. The Labute approximate surface area is 336 Å². The molecule has 7 heteroatoms. The van der Waals surface area contributed by atoms with Gasteiger partial charge >= 0.3 is 0 Å². The number of aryl methyl sites for hydroxylation is 2. The fraction of sp³-hybridized carbons (Fsp3) is 0.469. The van der Waals surface area contributed by atoms with E-state index in [-0.39, 0.29) is 22.9 Å². The van der Waals surface area contributed by atoms with Crippen LogP contribution < -0.4 is 14.2 Å². The van der Waals surface area contributed by atoms with Crippen LogP contribution in [0.4, 0.5) is 11.4 Å². The first-order valence-corrected chi connectivity index (χ1v) is 20.5. The van der Waals surface area contributed by atoms with E-state index in [9.17, 15) is 0 Å². The molecule has 1 unspecified atom stereocenters. The molecule has 0 saturated heterocycles. The Morgan fingerprint density at radius 2 is 1.55 bits per heavy atom. The first kappa shape index (κ1) is 41.2. The zero-order valence-electron chi connectivity index (χ0n) is 35.9. The molecule has 0 radical (unpaired) electrons. The minimum Gasteiger partial charge on any atom is -0.497 e. The predicted octanol–water partition coefficient (Wildman–Crippen LogP) is 9.90. The molecule has 2 aliphatic heterocycles. The summed E-state index contributed by atoms with van der Waals surface area (Å²) in [6, 6.07) is 17.8. The van der Waals surface area contributed by atoms with Gasteiger partial charge in [-0.1, -0.05) is 51.5 Å². The SMILES string of the molecule is COCCCN1/C(=C/C=C2\CCC(/C=C/C3=[N+](CCCOC)c4ccc(OC)cc4C3(C)C)=C2OC(c2cc[n+](C)cc2)C(C)C)C(C)(C)c2cc(C)ccc21. The lowest BCUT2D eigenvalue weighted by molar-refractivity contribution is -0.671. The first-order valence-electron chi connectivity index (χ1n) is 20.5. The number of rotatable bonds is 16. The molecule has 0 fully saturated rings. The lowest BCUT2D eigenvalue weighted by atomic mass is 9.81. The van der Waals surface area contributed by atoms with Gasteiger partial charge in [0.25, 0.3) is 0 Å². The number of hydrogen-bond donors (Lipinski definition) is 0. The molecule has 1 atom stereocenters. The van der Waals surface area contributed by atoms with Crippen LogP contribution in [0.5, 0.6) is 5.75 Å². The van der Waals surface area contributed by atoms with E-state index in [0.29, 0.717) is 6.61 Å². The molecule has 0 amide bonds. The summed E-state index contributed by atoms with van der Waals surface area (Å²) in [4.78, 5) is 2.51. The molecule has 3 aromatic rings.